The number of carbonyl (C=O) groups excluding carboxylic acids is 7. The van der Waals surface area contributed by atoms with Crippen LogP contribution in [0.3, 0.4) is 0 Å². The molecule has 4 fully saturated rings. The molecule has 0 aliphatic carbocycles. The van der Waals surface area contributed by atoms with Gasteiger partial charge in [0.15, 0.2) is 6.23 Å². The summed E-state index contributed by atoms with van der Waals surface area (Å²) >= 11 is 0. The second-order valence-electron chi connectivity index (χ2n) is 17.6. The number of fused-ring (bicyclic) bond motifs is 5. The SMILES string of the molecule is CCC(C)C1NC(=O)C(C(C)O)NC(=O)C2CCCN2C(=O)C(Cc2ccc(OC=C(C)C)cc2)N(N)C(=O)C2=COC(N2)C(C)NC(=O)C2CCCN2C(=O)C2CCCN2C1=O. The summed E-state index contributed by atoms with van der Waals surface area (Å²) in [5, 5.41) is 23.0. The highest BCUT2D eigenvalue weighted by atomic mass is 16.5. The maximum absolute atomic E-state index is 14.7. The number of nitrogens with two attached hydrogens (primary N) is 1. The largest absolute Gasteiger partial charge is 0.474 e. The number of hydrogen-bond acceptors (Lipinski definition) is 12. The second kappa shape index (κ2) is 20.2. The normalized spacial score (nSPS) is 29.8. The van der Waals surface area contributed by atoms with Crippen LogP contribution in [-0.4, -0.2) is 140 Å². The average Bonchev–Trinajstić information content (AvgIpc) is 4.11. The van der Waals surface area contributed by atoms with E-state index in [1.54, 1.807) is 44.4 Å². The van der Waals surface area contributed by atoms with Gasteiger partial charge in [-0.2, -0.15) is 0 Å². The van der Waals surface area contributed by atoms with Gasteiger partial charge in [0.2, 0.25) is 35.4 Å². The Morgan fingerprint density at radius 2 is 1.35 bits per heavy atom. The minimum atomic E-state index is -1.52. The summed E-state index contributed by atoms with van der Waals surface area (Å²) in [6.07, 6.45) is 3.36. The molecule has 7 amide bonds. The number of hydrazine groups is 1. The molecular formula is C44H63N9O10. The first kappa shape index (κ1) is 46.8. The van der Waals surface area contributed by atoms with Crippen molar-refractivity contribution in [1.82, 2.24) is 41.0 Å². The molecule has 2 bridgehead atoms. The van der Waals surface area contributed by atoms with Crippen molar-refractivity contribution in [3.63, 3.8) is 0 Å². The zero-order valence-electron chi connectivity index (χ0n) is 37.0. The van der Waals surface area contributed by atoms with Crippen LogP contribution in [0.1, 0.15) is 92.1 Å². The maximum Gasteiger partial charge on any atom is 0.287 e. The third-order valence-electron chi connectivity index (χ3n) is 12.7. The maximum atomic E-state index is 14.7. The highest BCUT2D eigenvalue weighted by Crippen LogP contribution is 2.28. The number of rotatable bonds is 7. The minimum Gasteiger partial charge on any atom is -0.474 e. The molecular weight excluding hydrogens is 815 g/mol. The van der Waals surface area contributed by atoms with E-state index in [-0.39, 0.29) is 37.5 Å². The quantitative estimate of drug-likeness (QED) is 0.123. The Morgan fingerprint density at radius 3 is 1.94 bits per heavy atom. The molecule has 5 aliphatic heterocycles. The second-order valence-corrected chi connectivity index (χ2v) is 17.6. The van der Waals surface area contributed by atoms with Gasteiger partial charge in [0, 0.05) is 26.1 Å². The van der Waals surface area contributed by atoms with Gasteiger partial charge in [0.25, 0.3) is 5.91 Å². The van der Waals surface area contributed by atoms with Gasteiger partial charge in [-0.05, 0) is 95.4 Å². The number of aliphatic hydroxyl groups is 1. The van der Waals surface area contributed by atoms with Gasteiger partial charge >= 0.3 is 0 Å². The molecule has 7 N–H and O–H groups in total. The summed E-state index contributed by atoms with van der Waals surface area (Å²) in [6.45, 7) is 11.2. The summed E-state index contributed by atoms with van der Waals surface area (Å²) < 4.78 is 11.5. The van der Waals surface area contributed by atoms with Crippen LogP contribution in [0.25, 0.3) is 0 Å². The fraction of sp³-hybridized carbons (Fsp3) is 0.614. The molecule has 4 saturated heterocycles. The lowest BCUT2D eigenvalue weighted by molar-refractivity contribution is -0.149. The zero-order chi connectivity index (χ0) is 45.7. The van der Waals surface area contributed by atoms with Gasteiger partial charge in [0.05, 0.1) is 18.4 Å². The molecule has 63 heavy (non-hydrogen) atoms. The van der Waals surface area contributed by atoms with E-state index in [1.165, 1.54) is 27.9 Å². The van der Waals surface area contributed by atoms with Gasteiger partial charge in [-0.25, -0.2) is 5.84 Å². The topological polar surface area (TPSA) is 245 Å². The molecule has 0 aromatic heterocycles. The molecule has 0 saturated carbocycles. The van der Waals surface area contributed by atoms with Crippen molar-refractivity contribution in [3.8, 4) is 5.75 Å². The van der Waals surface area contributed by atoms with Crippen LogP contribution in [0.4, 0.5) is 0 Å². The Morgan fingerprint density at radius 1 is 0.794 bits per heavy atom. The van der Waals surface area contributed by atoms with E-state index in [0.717, 1.165) is 10.6 Å². The van der Waals surface area contributed by atoms with Crippen molar-refractivity contribution in [2.45, 2.75) is 148 Å². The van der Waals surface area contributed by atoms with Crippen molar-refractivity contribution >= 4 is 41.4 Å². The number of allylic oxidation sites excluding steroid dienone is 1. The molecule has 10 unspecified atom stereocenters. The average molecular weight is 878 g/mol. The number of nitrogens with zero attached hydrogens (tertiary/aromatic N) is 4. The molecule has 0 radical (unpaired) electrons. The predicted octanol–water partition coefficient (Wildman–Crippen LogP) is 0.278. The lowest BCUT2D eigenvalue weighted by Gasteiger charge is -2.35. The van der Waals surface area contributed by atoms with Crippen LogP contribution in [0.5, 0.6) is 5.75 Å². The smallest absolute Gasteiger partial charge is 0.287 e. The van der Waals surface area contributed by atoms with E-state index in [9.17, 15) is 38.7 Å². The third-order valence-corrected chi connectivity index (χ3v) is 12.7. The van der Waals surface area contributed by atoms with E-state index in [2.05, 4.69) is 21.3 Å². The zero-order valence-corrected chi connectivity index (χ0v) is 37.0. The van der Waals surface area contributed by atoms with Gasteiger partial charge in [-0.15, -0.1) is 0 Å². The number of nitrogens with one attached hydrogen (secondary N) is 4. The Labute approximate surface area is 368 Å². The number of aliphatic hydroxyl groups excluding tert-OH is 1. The van der Waals surface area contributed by atoms with Gasteiger partial charge in [-0.3, -0.25) is 38.6 Å². The van der Waals surface area contributed by atoms with Crippen LogP contribution >= 0.6 is 0 Å². The Hall–Kier alpha value is -5.69. The number of hydrogen-bond donors (Lipinski definition) is 6. The van der Waals surface area contributed by atoms with Crippen LogP contribution < -0.4 is 31.8 Å². The van der Waals surface area contributed by atoms with Crippen molar-refractivity contribution in [1.29, 1.82) is 0 Å². The monoisotopic (exact) mass is 877 g/mol. The summed E-state index contributed by atoms with van der Waals surface area (Å²) in [6, 6.07) is -0.554. The van der Waals surface area contributed by atoms with Crippen molar-refractivity contribution in [2.75, 3.05) is 19.6 Å². The fourth-order valence-corrected chi connectivity index (χ4v) is 8.85. The van der Waals surface area contributed by atoms with E-state index in [0.29, 0.717) is 56.4 Å². The number of benzene rings is 1. The number of carbonyl (C=O) groups is 7. The van der Waals surface area contributed by atoms with E-state index >= 15 is 0 Å². The standard InChI is InChI=1S/C44H63N9O10/c1-7-25(4)35-44(61)52-20-10-13-33(52)42(59)50-18-8-11-31(50)37(55)46-26(5)40-47-30(23-63-40)41(58)53(45)34(21-28-14-16-29(17-15-28)62-22-24(2)3)43(60)51-19-9-12-32(51)38(56)49-36(27(6)54)39(57)48-35/h14-17,22-23,25-27,31-36,40,47,54H,7-13,18-21,45H2,1-6H3,(H,46,55)(H,48,57)(H,49,56). The van der Waals surface area contributed by atoms with Crippen molar-refractivity contribution < 1.29 is 48.1 Å². The molecule has 19 nitrogen and oxygen atoms in total. The Balaban J connectivity index is 1.33. The summed E-state index contributed by atoms with van der Waals surface area (Å²) in [4.78, 5) is 104. The molecule has 6 rings (SSSR count). The highest BCUT2D eigenvalue weighted by molar-refractivity contribution is 5.99. The first-order valence-electron chi connectivity index (χ1n) is 22.1. The summed E-state index contributed by atoms with van der Waals surface area (Å²) in [5.74, 6) is 2.49. The predicted molar refractivity (Wildman–Crippen MR) is 228 cm³/mol. The third kappa shape index (κ3) is 10.4. The molecule has 0 spiro atoms. The molecule has 10 atom stereocenters. The van der Waals surface area contributed by atoms with Crippen molar-refractivity contribution in [3.05, 3.63) is 53.6 Å². The number of amides is 7. The van der Waals surface area contributed by atoms with Crippen LogP contribution in [0, 0.1) is 5.92 Å². The Kier molecular flexibility index (Phi) is 15.0. The summed E-state index contributed by atoms with van der Waals surface area (Å²) in [7, 11) is 0. The van der Waals surface area contributed by atoms with E-state index < -0.39 is 96.0 Å². The first-order chi connectivity index (χ1) is 30.0. The molecule has 5 aliphatic rings. The van der Waals surface area contributed by atoms with Gasteiger partial charge < -0.3 is 50.5 Å². The molecule has 1 aromatic rings. The number of ether oxygens (including phenoxy) is 2. The lowest BCUT2D eigenvalue weighted by Crippen LogP contribution is -2.63. The van der Waals surface area contributed by atoms with Gasteiger partial charge in [-0.1, -0.05) is 32.4 Å². The minimum absolute atomic E-state index is 0.0585. The first-order valence-corrected chi connectivity index (χ1v) is 22.1. The molecule has 19 heteroatoms. The van der Waals surface area contributed by atoms with E-state index in [4.69, 9.17) is 15.3 Å². The lowest BCUT2D eigenvalue weighted by atomic mass is 9.96. The van der Waals surface area contributed by atoms with Gasteiger partial charge in [0.1, 0.15) is 54.0 Å². The molecule has 5 heterocycles. The van der Waals surface area contributed by atoms with Crippen LogP contribution in [0.2, 0.25) is 0 Å². The Bertz CT molecular complexity index is 1970. The summed E-state index contributed by atoms with van der Waals surface area (Å²) in [5.41, 5.74) is 1.50. The molecule has 344 valence electrons. The fourth-order valence-electron chi connectivity index (χ4n) is 8.85. The van der Waals surface area contributed by atoms with Crippen LogP contribution in [-0.2, 0) is 44.7 Å². The highest BCUT2D eigenvalue weighted by Gasteiger charge is 2.47. The van der Waals surface area contributed by atoms with Crippen LogP contribution in [0.15, 0.2) is 48.1 Å². The molecule has 1 aromatic carbocycles. The van der Waals surface area contributed by atoms with E-state index in [1.807, 2.05) is 20.8 Å². The van der Waals surface area contributed by atoms with Crippen molar-refractivity contribution in [2.24, 2.45) is 11.8 Å².